The van der Waals surface area contributed by atoms with E-state index in [0.717, 1.165) is 0 Å². The molecule has 0 amide bonds. The second kappa shape index (κ2) is 4.20. The Balaban J connectivity index is 2.52. The molecule has 3 N–H and O–H groups in total. The summed E-state index contributed by atoms with van der Waals surface area (Å²) in [5.41, 5.74) is 6.77. The number of nitrogens with one attached hydrogen (secondary N) is 1. The first kappa shape index (κ1) is 11.0. The Hall–Kier alpha value is -1.45. The molecule has 1 aromatic heterocycles. The number of hydrogen-bond acceptors (Lipinski definition) is 2. The van der Waals surface area contributed by atoms with E-state index in [9.17, 15) is 4.79 Å². The van der Waals surface area contributed by atoms with Gasteiger partial charge >= 0.3 is 0 Å². The van der Waals surface area contributed by atoms with Crippen LogP contribution in [0, 0.1) is 0 Å². The molecule has 0 bridgehead atoms. The molecule has 1 heterocycles. The highest BCUT2D eigenvalue weighted by molar-refractivity contribution is 6.44. The molecular formula is C11H8Cl2N2O. The predicted molar refractivity (Wildman–Crippen MR) is 65.1 cm³/mol. The summed E-state index contributed by atoms with van der Waals surface area (Å²) in [6.45, 7) is 0. The molecule has 0 saturated heterocycles. The van der Waals surface area contributed by atoms with Crippen LogP contribution in [0.3, 0.4) is 0 Å². The van der Waals surface area contributed by atoms with Gasteiger partial charge in [-0.25, -0.2) is 0 Å². The first-order valence-corrected chi connectivity index (χ1v) is 5.28. The zero-order valence-corrected chi connectivity index (χ0v) is 9.64. The monoisotopic (exact) mass is 254 g/mol. The summed E-state index contributed by atoms with van der Waals surface area (Å²) in [6.07, 6.45) is 1.66. The summed E-state index contributed by atoms with van der Waals surface area (Å²) in [5.74, 6) is -0.232. The van der Waals surface area contributed by atoms with Crippen molar-refractivity contribution < 1.29 is 4.79 Å². The summed E-state index contributed by atoms with van der Waals surface area (Å²) in [4.78, 5) is 14.8. The van der Waals surface area contributed by atoms with Gasteiger partial charge in [-0.2, -0.15) is 0 Å². The number of nitrogen functional groups attached to an aromatic ring is 1. The Morgan fingerprint density at radius 1 is 1.31 bits per heavy atom. The number of nitrogens with two attached hydrogens (primary N) is 1. The number of aromatic amines is 1. The van der Waals surface area contributed by atoms with Crippen LogP contribution in [-0.2, 0) is 0 Å². The third kappa shape index (κ3) is 1.92. The van der Waals surface area contributed by atoms with E-state index in [4.69, 9.17) is 28.9 Å². The number of halogens is 2. The van der Waals surface area contributed by atoms with E-state index in [1.165, 1.54) is 12.1 Å². The number of H-pyrrole nitrogens is 1. The Morgan fingerprint density at radius 2 is 2.06 bits per heavy atom. The van der Waals surface area contributed by atoms with E-state index < -0.39 is 0 Å². The van der Waals surface area contributed by atoms with Gasteiger partial charge in [0.1, 0.15) is 0 Å². The largest absolute Gasteiger partial charge is 0.399 e. The quantitative estimate of drug-likeness (QED) is 0.639. The van der Waals surface area contributed by atoms with Crippen LogP contribution in [0.5, 0.6) is 0 Å². The molecule has 5 heteroatoms. The van der Waals surface area contributed by atoms with Crippen LogP contribution in [0.15, 0.2) is 30.5 Å². The van der Waals surface area contributed by atoms with Crippen molar-refractivity contribution in [3.05, 3.63) is 51.8 Å². The SMILES string of the molecule is Nc1cc(Cl)c(Cl)c(C(=O)c2ccc[nH]2)c1. The number of anilines is 1. The fourth-order valence-corrected chi connectivity index (χ4v) is 1.81. The van der Waals surface area contributed by atoms with Gasteiger partial charge in [0.15, 0.2) is 0 Å². The zero-order chi connectivity index (χ0) is 11.7. The van der Waals surface area contributed by atoms with Gasteiger partial charge in [-0.1, -0.05) is 23.2 Å². The van der Waals surface area contributed by atoms with Gasteiger partial charge in [-0.15, -0.1) is 0 Å². The molecule has 2 rings (SSSR count). The summed E-state index contributed by atoms with van der Waals surface area (Å²) in [6, 6.07) is 6.41. The minimum absolute atomic E-state index is 0.218. The van der Waals surface area contributed by atoms with Crippen LogP contribution in [0.25, 0.3) is 0 Å². The van der Waals surface area contributed by atoms with Gasteiger partial charge < -0.3 is 10.7 Å². The van der Waals surface area contributed by atoms with Crippen LogP contribution in [0.1, 0.15) is 16.1 Å². The number of benzene rings is 1. The van der Waals surface area contributed by atoms with Crippen LogP contribution in [-0.4, -0.2) is 10.8 Å². The average Bonchev–Trinajstić information content (AvgIpc) is 2.75. The van der Waals surface area contributed by atoms with Gasteiger partial charge in [-0.05, 0) is 24.3 Å². The van der Waals surface area contributed by atoms with Gasteiger partial charge in [0, 0.05) is 17.4 Å². The second-order valence-electron chi connectivity index (χ2n) is 3.28. The molecule has 0 fully saturated rings. The normalized spacial score (nSPS) is 10.4. The van der Waals surface area contributed by atoms with E-state index in [2.05, 4.69) is 4.98 Å². The molecule has 0 unspecified atom stereocenters. The predicted octanol–water partition coefficient (Wildman–Crippen LogP) is 3.13. The Morgan fingerprint density at radius 3 is 2.69 bits per heavy atom. The first-order valence-electron chi connectivity index (χ1n) is 4.52. The highest BCUT2D eigenvalue weighted by atomic mass is 35.5. The first-order chi connectivity index (χ1) is 7.59. The fraction of sp³-hybridized carbons (Fsp3) is 0. The minimum atomic E-state index is -0.232. The lowest BCUT2D eigenvalue weighted by atomic mass is 10.1. The Kier molecular flexibility index (Phi) is 2.90. The number of aromatic nitrogens is 1. The number of rotatable bonds is 2. The molecular weight excluding hydrogens is 247 g/mol. The standard InChI is InChI=1S/C11H8Cl2N2O/c12-8-5-6(14)4-7(10(8)13)11(16)9-2-1-3-15-9/h1-5,15H,14H2. The molecule has 2 aromatic rings. The summed E-state index contributed by atoms with van der Waals surface area (Å²) in [7, 11) is 0. The molecule has 0 aliphatic carbocycles. The Bertz CT molecular complexity index is 535. The lowest BCUT2D eigenvalue weighted by molar-refractivity contribution is 0.103. The highest BCUT2D eigenvalue weighted by Crippen LogP contribution is 2.30. The molecule has 16 heavy (non-hydrogen) atoms. The summed E-state index contributed by atoms with van der Waals surface area (Å²) < 4.78 is 0. The van der Waals surface area contributed by atoms with Crippen molar-refractivity contribution in [1.29, 1.82) is 0 Å². The van der Waals surface area contributed by atoms with E-state index in [1.54, 1.807) is 18.3 Å². The minimum Gasteiger partial charge on any atom is -0.399 e. The molecule has 0 aliphatic rings. The molecule has 0 spiro atoms. The third-order valence-electron chi connectivity index (χ3n) is 2.14. The average molecular weight is 255 g/mol. The van der Waals surface area contributed by atoms with E-state index in [0.29, 0.717) is 16.9 Å². The third-order valence-corrected chi connectivity index (χ3v) is 2.94. The van der Waals surface area contributed by atoms with Crippen molar-refractivity contribution >= 4 is 34.7 Å². The number of hydrogen-bond donors (Lipinski definition) is 2. The van der Waals surface area contributed by atoms with Crippen LogP contribution in [0.4, 0.5) is 5.69 Å². The lowest BCUT2D eigenvalue weighted by Gasteiger charge is -2.05. The summed E-state index contributed by atoms with van der Waals surface area (Å²) >= 11 is 11.8. The van der Waals surface area contributed by atoms with Crippen LogP contribution in [0.2, 0.25) is 10.0 Å². The second-order valence-corrected chi connectivity index (χ2v) is 4.06. The number of carbonyl (C=O) groups is 1. The van der Waals surface area contributed by atoms with E-state index in [-0.39, 0.29) is 15.8 Å². The number of ketones is 1. The van der Waals surface area contributed by atoms with Crippen LogP contribution >= 0.6 is 23.2 Å². The maximum Gasteiger partial charge on any atom is 0.210 e. The smallest absolute Gasteiger partial charge is 0.210 e. The zero-order valence-electron chi connectivity index (χ0n) is 8.13. The molecule has 0 aliphatic heterocycles. The van der Waals surface area contributed by atoms with Gasteiger partial charge in [0.05, 0.1) is 15.7 Å². The molecule has 0 atom stereocenters. The highest BCUT2D eigenvalue weighted by Gasteiger charge is 2.16. The van der Waals surface area contributed by atoms with Gasteiger partial charge in [0.2, 0.25) is 5.78 Å². The molecule has 3 nitrogen and oxygen atoms in total. The maximum absolute atomic E-state index is 12.0. The van der Waals surface area contributed by atoms with Crippen molar-refractivity contribution in [3.8, 4) is 0 Å². The summed E-state index contributed by atoms with van der Waals surface area (Å²) in [5, 5.41) is 0.493. The molecule has 0 saturated carbocycles. The molecule has 0 radical (unpaired) electrons. The van der Waals surface area contributed by atoms with Gasteiger partial charge in [0.25, 0.3) is 0 Å². The van der Waals surface area contributed by atoms with Crippen molar-refractivity contribution in [2.45, 2.75) is 0 Å². The van der Waals surface area contributed by atoms with Crippen molar-refractivity contribution in [3.63, 3.8) is 0 Å². The van der Waals surface area contributed by atoms with Gasteiger partial charge in [-0.3, -0.25) is 4.79 Å². The Labute approximate surface area is 102 Å². The maximum atomic E-state index is 12.0. The number of carbonyl (C=O) groups excluding carboxylic acids is 1. The van der Waals surface area contributed by atoms with Crippen molar-refractivity contribution in [2.75, 3.05) is 5.73 Å². The topological polar surface area (TPSA) is 58.9 Å². The van der Waals surface area contributed by atoms with Crippen molar-refractivity contribution in [1.82, 2.24) is 4.98 Å². The van der Waals surface area contributed by atoms with Crippen molar-refractivity contribution in [2.24, 2.45) is 0 Å². The molecule has 1 aromatic carbocycles. The van der Waals surface area contributed by atoms with E-state index >= 15 is 0 Å². The fourth-order valence-electron chi connectivity index (χ4n) is 1.39. The molecule has 82 valence electrons. The van der Waals surface area contributed by atoms with Crippen LogP contribution < -0.4 is 5.73 Å². The van der Waals surface area contributed by atoms with E-state index in [1.807, 2.05) is 0 Å². The lowest BCUT2D eigenvalue weighted by Crippen LogP contribution is -2.04.